The molecular formula is C15H20ClNO3. The maximum absolute atomic E-state index is 12.6. The fourth-order valence-corrected chi connectivity index (χ4v) is 2.52. The molecule has 1 saturated heterocycles. The van der Waals surface area contributed by atoms with Crippen LogP contribution >= 0.6 is 11.6 Å². The molecule has 0 amide bonds. The van der Waals surface area contributed by atoms with Crippen LogP contribution in [0.4, 0.5) is 0 Å². The van der Waals surface area contributed by atoms with Crippen LogP contribution in [0.2, 0.25) is 5.02 Å². The molecule has 1 aliphatic heterocycles. The highest BCUT2D eigenvalue weighted by Gasteiger charge is 2.30. The van der Waals surface area contributed by atoms with Gasteiger partial charge < -0.3 is 9.47 Å². The molecule has 110 valence electrons. The van der Waals surface area contributed by atoms with Gasteiger partial charge in [0.15, 0.2) is 5.78 Å². The molecule has 0 spiro atoms. The first kappa shape index (κ1) is 15.3. The predicted molar refractivity (Wildman–Crippen MR) is 78.8 cm³/mol. The molecule has 1 atom stereocenters. The Balaban J connectivity index is 2.20. The summed E-state index contributed by atoms with van der Waals surface area (Å²) >= 11 is 5.98. The molecule has 0 saturated carbocycles. The van der Waals surface area contributed by atoms with Gasteiger partial charge in [0.05, 0.1) is 19.3 Å². The topological polar surface area (TPSA) is 38.8 Å². The SMILES string of the molecule is COc1ccc(Cl)cc1C(=O)C1CN(C(C)C)CCO1. The first-order chi connectivity index (χ1) is 9.52. The second-order valence-electron chi connectivity index (χ2n) is 5.16. The van der Waals surface area contributed by atoms with Gasteiger partial charge in [-0.05, 0) is 32.0 Å². The second-order valence-corrected chi connectivity index (χ2v) is 5.59. The van der Waals surface area contributed by atoms with Crippen LogP contribution in [0.3, 0.4) is 0 Å². The number of Topliss-reactive ketones (excluding diaryl/α,β-unsaturated/α-hetero) is 1. The fraction of sp³-hybridized carbons (Fsp3) is 0.533. The molecule has 4 nitrogen and oxygen atoms in total. The minimum atomic E-state index is -0.460. The first-order valence-corrected chi connectivity index (χ1v) is 7.14. The predicted octanol–water partition coefficient (Wildman–Crippen LogP) is 2.64. The van der Waals surface area contributed by atoms with Crippen LogP contribution in [0.25, 0.3) is 0 Å². The minimum Gasteiger partial charge on any atom is -0.496 e. The molecule has 2 rings (SSSR count). The lowest BCUT2D eigenvalue weighted by molar-refractivity contribution is -0.0257. The summed E-state index contributed by atoms with van der Waals surface area (Å²) in [4.78, 5) is 14.8. The molecule has 0 N–H and O–H groups in total. The number of ether oxygens (including phenoxy) is 2. The molecule has 0 radical (unpaired) electrons. The summed E-state index contributed by atoms with van der Waals surface area (Å²) in [5.74, 6) is 0.458. The van der Waals surface area contributed by atoms with Gasteiger partial charge in [-0.1, -0.05) is 11.6 Å². The Hall–Kier alpha value is -1.10. The smallest absolute Gasteiger partial charge is 0.196 e. The van der Waals surface area contributed by atoms with Gasteiger partial charge in [-0.25, -0.2) is 0 Å². The average molecular weight is 298 g/mol. The normalized spacial score (nSPS) is 20.1. The molecule has 0 aliphatic carbocycles. The average Bonchev–Trinajstić information content (AvgIpc) is 2.46. The van der Waals surface area contributed by atoms with Crippen LogP contribution in [-0.2, 0) is 4.74 Å². The van der Waals surface area contributed by atoms with E-state index in [1.165, 1.54) is 0 Å². The quantitative estimate of drug-likeness (QED) is 0.801. The molecule has 5 heteroatoms. The Kier molecular flexibility index (Phi) is 5.02. The zero-order valence-electron chi connectivity index (χ0n) is 12.1. The largest absolute Gasteiger partial charge is 0.496 e. The summed E-state index contributed by atoms with van der Waals surface area (Å²) in [6.07, 6.45) is -0.460. The van der Waals surface area contributed by atoms with Gasteiger partial charge in [0.1, 0.15) is 11.9 Å². The van der Waals surface area contributed by atoms with Crippen molar-refractivity contribution >= 4 is 17.4 Å². The van der Waals surface area contributed by atoms with Crippen molar-refractivity contribution in [2.75, 3.05) is 26.8 Å². The van der Waals surface area contributed by atoms with Gasteiger partial charge in [0, 0.05) is 24.2 Å². The number of ketones is 1. The maximum atomic E-state index is 12.6. The number of morpholine rings is 1. The highest BCUT2D eigenvalue weighted by molar-refractivity contribution is 6.31. The molecule has 1 unspecified atom stereocenters. The highest BCUT2D eigenvalue weighted by atomic mass is 35.5. The Morgan fingerprint density at radius 1 is 1.50 bits per heavy atom. The van der Waals surface area contributed by atoms with Gasteiger partial charge in [0.2, 0.25) is 0 Å². The van der Waals surface area contributed by atoms with Gasteiger partial charge in [-0.2, -0.15) is 0 Å². The monoisotopic (exact) mass is 297 g/mol. The third-order valence-corrected chi connectivity index (χ3v) is 3.78. The van der Waals surface area contributed by atoms with Gasteiger partial charge >= 0.3 is 0 Å². The molecule has 0 aromatic heterocycles. The number of hydrogen-bond acceptors (Lipinski definition) is 4. The Labute approximate surface area is 124 Å². The van der Waals surface area contributed by atoms with E-state index in [0.717, 1.165) is 6.54 Å². The Morgan fingerprint density at radius 2 is 2.25 bits per heavy atom. The molecule has 1 aromatic rings. The molecule has 20 heavy (non-hydrogen) atoms. The zero-order valence-corrected chi connectivity index (χ0v) is 12.8. The van der Waals surface area contributed by atoms with Crippen LogP contribution in [0.5, 0.6) is 5.75 Å². The van der Waals surface area contributed by atoms with E-state index >= 15 is 0 Å². The summed E-state index contributed by atoms with van der Waals surface area (Å²) in [5.41, 5.74) is 0.482. The molecular weight excluding hydrogens is 278 g/mol. The van der Waals surface area contributed by atoms with Crippen molar-refractivity contribution in [3.8, 4) is 5.75 Å². The van der Waals surface area contributed by atoms with Crippen LogP contribution in [0, 0.1) is 0 Å². The zero-order chi connectivity index (χ0) is 14.7. The number of carbonyl (C=O) groups is 1. The first-order valence-electron chi connectivity index (χ1n) is 6.76. The van der Waals surface area contributed by atoms with E-state index in [1.54, 1.807) is 25.3 Å². The highest BCUT2D eigenvalue weighted by Crippen LogP contribution is 2.25. The number of halogens is 1. The lowest BCUT2D eigenvalue weighted by Crippen LogP contribution is -2.48. The van der Waals surface area contributed by atoms with Crippen molar-refractivity contribution in [2.45, 2.75) is 26.0 Å². The minimum absolute atomic E-state index is 0.0744. The number of rotatable bonds is 4. The number of carbonyl (C=O) groups excluding carboxylic acids is 1. The summed E-state index contributed by atoms with van der Waals surface area (Å²) < 4.78 is 10.9. The standard InChI is InChI=1S/C15H20ClNO3/c1-10(2)17-6-7-20-14(9-17)15(18)12-8-11(16)4-5-13(12)19-3/h4-5,8,10,14H,6-7,9H2,1-3H3. The van der Waals surface area contributed by atoms with E-state index in [2.05, 4.69) is 18.7 Å². The fourth-order valence-electron chi connectivity index (χ4n) is 2.34. The summed E-state index contributed by atoms with van der Waals surface area (Å²) in [6, 6.07) is 5.45. The van der Waals surface area contributed by atoms with Crippen LogP contribution in [0.15, 0.2) is 18.2 Å². The second kappa shape index (κ2) is 6.57. The Bertz CT molecular complexity index is 490. The van der Waals surface area contributed by atoms with Gasteiger partial charge in [-0.3, -0.25) is 9.69 Å². The van der Waals surface area contributed by atoms with Crippen LogP contribution < -0.4 is 4.74 Å². The lowest BCUT2D eigenvalue weighted by atomic mass is 10.0. The molecule has 1 aromatic carbocycles. The number of methoxy groups -OCH3 is 1. The van der Waals surface area contributed by atoms with Crippen molar-refractivity contribution < 1.29 is 14.3 Å². The van der Waals surface area contributed by atoms with E-state index in [-0.39, 0.29) is 5.78 Å². The molecule has 1 heterocycles. The number of nitrogens with zero attached hydrogens (tertiary/aromatic N) is 1. The van der Waals surface area contributed by atoms with Crippen LogP contribution in [-0.4, -0.2) is 49.6 Å². The van der Waals surface area contributed by atoms with E-state index in [4.69, 9.17) is 21.1 Å². The molecule has 1 fully saturated rings. The summed E-state index contributed by atoms with van der Waals surface area (Å²) in [5, 5.41) is 0.519. The van der Waals surface area contributed by atoms with E-state index < -0.39 is 6.10 Å². The Morgan fingerprint density at radius 3 is 2.90 bits per heavy atom. The summed E-state index contributed by atoms with van der Waals surface area (Å²) in [7, 11) is 1.54. The molecule has 1 aliphatic rings. The number of benzene rings is 1. The number of hydrogen-bond donors (Lipinski definition) is 0. The van der Waals surface area contributed by atoms with Crippen LogP contribution in [0.1, 0.15) is 24.2 Å². The summed E-state index contributed by atoms with van der Waals surface area (Å²) in [6.45, 7) is 6.26. The third kappa shape index (κ3) is 3.32. The van der Waals surface area contributed by atoms with E-state index in [1.807, 2.05) is 0 Å². The van der Waals surface area contributed by atoms with Crippen molar-refractivity contribution in [3.05, 3.63) is 28.8 Å². The van der Waals surface area contributed by atoms with Gasteiger partial charge in [0.25, 0.3) is 0 Å². The maximum Gasteiger partial charge on any atom is 0.196 e. The van der Waals surface area contributed by atoms with Crippen molar-refractivity contribution in [3.63, 3.8) is 0 Å². The van der Waals surface area contributed by atoms with E-state index in [9.17, 15) is 4.79 Å². The molecule has 0 bridgehead atoms. The third-order valence-electron chi connectivity index (χ3n) is 3.55. The van der Waals surface area contributed by atoms with Crippen molar-refractivity contribution in [2.24, 2.45) is 0 Å². The van der Waals surface area contributed by atoms with Gasteiger partial charge in [-0.15, -0.1) is 0 Å². The van der Waals surface area contributed by atoms with Crippen molar-refractivity contribution in [1.29, 1.82) is 0 Å². The lowest BCUT2D eigenvalue weighted by Gasteiger charge is -2.34. The van der Waals surface area contributed by atoms with E-state index in [0.29, 0.717) is 35.5 Å². The van der Waals surface area contributed by atoms with Crippen molar-refractivity contribution in [1.82, 2.24) is 4.90 Å².